The number of nitrogens with zero attached hydrogens (tertiary/aromatic N) is 1. The lowest BCUT2D eigenvalue weighted by Crippen LogP contribution is -2.37. The maximum Gasteiger partial charge on any atom is 0.225 e. The summed E-state index contributed by atoms with van der Waals surface area (Å²) >= 11 is 0. The molecule has 1 heterocycles. The molecule has 0 bridgehead atoms. The molecule has 1 amide bonds. The summed E-state index contributed by atoms with van der Waals surface area (Å²) in [4.78, 5) is 12.1. The third-order valence-electron chi connectivity index (χ3n) is 3.98. The van der Waals surface area contributed by atoms with Crippen molar-refractivity contribution in [3.8, 4) is 11.5 Å². The Labute approximate surface area is 143 Å². The maximum atomic E-state index is 12.3. The Balaban J connectivity index is 1.93. The Morgan fingerprint density at radius 2 is 1.88 bits per heavy atom. The van der Waals surface area contributed by atoms with Crippen molar-refractivity contribution in [2.45, 2.75) is 25.7 Å². The van der Waals surface area contributed by atoms with Crippen LogP contribution in [0.25, 0.3) is 0 Å². The molecule has 0 atom stereocenters. The van der Waals surface area contributed by atoms with Crippen LogP contribution in [0.4, 0.5) is 5.69 Å². The second-order valence-corrected chi connectivity index (χ2v) is 7.73. The zero-order valence-corrected chi connectivity index (χ0v) is 14.9. The van der Waals surface area contributed by atoms with Crippen molar-refractivity contribution in [3.63, 3.8) is 0 Å². The summed E-state index contributed by atoms with van der Waals surface area (Å²) in [6, 6.07) is 5.01. The molecule has 0 spiro atoms. The molecule has 0 aliphatic carbocycles. The summed E-state index contributed by atoms with van der Waals surface area (Å²) in [5.74, 6) is 0.523. The predicted molar refractivity (Wildman–Crippen MR) is 92.0 cm³/mol. The zero-order valence-electron chi connectivity index (χ0n) is 14.1. The lowest BCUT2D eigenvalue weighted by molar-refractivity contribution is -0.115. The molecule has 0 aromatic heterocycles. The average molecular weight is 356 g/mol. The van der Waals surface area contributed by atoms with E-state index in [-0.39, 0.29) is 18.1 Å². The van der Waals surface area contributed by atoms with E-state index >= 15 is 0 Å². The molecule has 0 unspecified atom stereocenters. The molecule has 134 valence electrons. The summed E-state index contributed by atoms with van der Waals surface area (Å²) in [6.45, 7) is 1.10. The summed E-state index contributed by atoms with van der Waals surface area (Å²) in [5, 5.41) is 2.69. The number of nitrogens with one attached hydrogen (secondary N) is 1. The van der Waals surface area contributed by atoms with Gasteiger partial charge < -0.3 is 14.8 Å². The Morgan fingerprint density at radius 1 is 1.17 bits per heavy atom. The zero-order chi connectivity index (χ0) is 17.6. The van der Waals surface area contributed by atoms with Crippen molar-refractivity contribution in [2.75, 3.05) is 38.4 Å². The lowest BCUT2D eigenvalue weighted by Gasteiger charge is -2.25. The molecule has 1 aromatic carbocycles. The van der Waals surface area contributed by atoms with Crippen LogP contribution < -0.4 is 14.8 Å². The Morgan fingerprint density at radius 3 is 2.50 bits per heavy atom. The first kappa shape index (κ1) is 18.5. The maximum absolute atomic E-state index is 12.3. The second kappa shape index (κ2) is 8.34. The molecule has 1 N–H and O–H groups in total. The quantitative estimate of drug-likeness (QED) is 0.806. The molecule has 8 heteroatoms. The van der Waals surface area contributed by atoms with Gasteiger partial charge in [-0.2, -0.15) is 0 Å². The van der Waals surface area contributed by atoms with E-state index in [0.29, 0.717) is 30.3 Å². The van der Waals surface area contributed by atoms with E-state index < -0.39 is 10.0 Å². The van der Waals surface area contributed by atoms with Crippen LogP contribution in [-0.2, 0) is 14.8 Å². The van der Waals surface area contributed by atoms with Gasteiger partial charge in [0.2, 0.25) is 15.9 Å². The van der Waals surface area contributed by atoms with Crippen LogP contribution in [0.3, 0.4) is 0 Å². The number of sulfonamides is 1. The van der Waals surface area contributed by atoms with Gasteiger partial charge in [-0.25, -0.2) is 12.7 Å². The number of amides is 1. The molecule has 7 nitrogen and oxygen atoms in total. The SMILES string of the molecule is COc1ccc(NC(=O)CCS(=O)(=O)N2CCCCC2)c(OC)c1. The van der Waals surface area contributed by atoms with E-state index in [1.165, 1.54) is 11.4 Å². The van der Waals surface area contributed by atoms with Crippen molar-refractivity contribution in [3.05, 3.63) is 18.2 Å². The van der Waals surface area contributed by atoms with Gasteiger partial charge in [0.05, 0.1) is 25.7 Å². The number of hydrogen-bond acceptors (Lipinski definition) is 5. The van der Waals surface area contributed by atoms with Gasteiger partial charge in [-0.15, -0.1) is 0 Å². The molecule has 1 fully saturated rings. The second-order valence-electron chi connectivity index (χ2n) is 5.64. The first-order chi connectivity index (χ1) is 11.5. The smallest absolute Gasteiger partial charge is 0.225 e. The summed E-state index contributed by atoms with van der Waals surface area (Å²) in [5.41, 5.74) is 0.485. The van der Waals surface area contributed by atoms with Gasteiger partial charge in [-0.05, 0) is 25.0 Å². The van der Waals surface area contributed by atoms with Gasteiger partial charge in [-0.1, -0.05) is 6.42 Å². The number of piperidine rings is 1. The van der Waals surface area contributed by atoms with Gasteiger partial charge in [0.25, 0.3) is 0 Å². The van der Waals surface area contributed by atoms with Crippen LogP contribution in [0, 0.1) is 0 Å². The normalized spacial score (nSPS) is 15.8. The first-order valence-electron chi connectivity index (χ1n) is 7.96. The Bertz CT molecular complexity index is 669. The van der Waals surface area contributed by atoms with Gasteiger partial charge in [-0.3, -0.25) is 4.79 Å². The van der Waals surface area contributed by atoms with Crippen LogP contribution in [0.15, 0.2) is 18.2 Å². The molecular formula is C16H24N2O5S. The highest BCUT2D eigenvalue weighted by atomic mass is 32.2. The number of ether oxygens (including phenoxy) is 2. The van der Waals surface area contributed by atoms with Crippen LogP contribution in [-0.4, -0.2) is 51.7 Å². The van der Waals surface area contributed by atoms with E-state index in [9.17, 15) is 13.2 Å². The van der Waals surface area contributed by atoms with Crippen molar-refractivity contribution in [2.24, 2.45) is 0 Å². The number of anilines is 1. The van der Waals surface area contributed by atoms with E-state index in [0.717, 1.165) is 19.3 Å². The third-order valence-corrected chi connectivity index (χ3v) is 5.85. The van der Waals surface area contributed by atoms with Crippen LogP contribution in [0.2, 0.25) is 0 Å². The van der Waals surface area contributed by atoms with E-state index in [2.05, 4.69) is 5.32 Å². The molecule has 0 radical (unpaired) electrons. The minimum absolute atomic E-state index is 0.0893. The van der Waals surface area contributed by atoms with Crippen molar-refractivity contribution < 1.29 is 22.7 Å². The van der Waals surface area contributed by atoms with Crippen molar-refractivity contribution in [1.29, 1.82) is 0 Å². The van der Waals surface area contributed by atoms with Crippen LogP contribution in [0.1, 0.15) is 25.7 Å². The first-order valence-corrected chi connectivity index (χ1v) is 9.57. The van der Waals surface area contributed by atoms with E-state index in [1.807, 2.05) is 0 Å². The molecule has 2 rings (SSSR count). The highest BCUT2D eigenvalue weighted by Gasteiger charge is 2.24. The number of hydrogen-bond donors (Lipinski definition) is 1. The van der Waals surface area contributed by atoms with Gasteiger partial charge in [0, 0.05) is 25.6 Å². The predicted octanol–water partition coefficient (Wildman–Crippen LogP) is 1.85. The highest BCUT2D eigenvalue weighted by Crippen LogP contribution is 2.29. The number of carbonyl (C=O) groups excluding carboxylic acids is 1. The van der Waals surface area contributed by atoms with Gasteiger partial charge >= 0.3 is 0 Å². The molecule has 1 aromatic rings. The lowest BCUT2D eigenvalue weighted by atomic mass is 10.2. The monoisotopic (exact) mass is 356 g/mol. The number of carbonyl (C=O) groups is 1. The average Bonchev–Trinajstić information content (AvgIpc) is 2.61. The Hall–Kier alpha value is -1.80. The fraction of sp³-hybridized carbons (Fsp3) is 0.562. The van der Waals surface area contributed by atoms with E-state index in [1.54, 1.807) is 25.3 Å². The third kappa shape index (κ3) is 4.85. The largest absolute Gasteiger partial charge is 0.497 e. The molecular weight excluding hydrogens is 332 g/mol. The minimum atomic E-state index is -3.38. The fourth-order valence-electron chi connectivity index (χ4n) is 2.61. The topological polar surface area (TPSA) is 84.9 Å². The highest BCUT2D eigenvalue weighted by molar-refractivity contribution is 7.89. The number of rotatable bonds is 7. The van der Waals surface area contributed by atoms with Crippen LogP contribution in [0.5, 0.6) is 11.5 Å². The number of methoxy groups -OCH3 is 2. The Kier molecular flexibility index (Phi) is 6.44. The number of benzene rings is 1. The summed E-state index contributed by atoms with van der Waals surface area (Å²) < 4.78 is 36.3. The van der Waals surface area contributed by atoms with Gasteiger partial charge in [0.1, 0.15) is 11.5 Å². The molecule has 0 saturated carbocycles. The minimum Gasteiger partial charge on any atom is -0.497 e. The van der Waals surface area contributed by atoms with Crippen LogP contribution >= 0.6 is 0 Å². The van der Waals surface area contributed by atoms with Crippen molar-refractivity contribution in [1.82, 2.24) is 4.31 Å². The molecule has 1 aliphatic heterocycles. The molecule has 1 aliphatic rings. The standard InChI is InChI=1S/C16H24N2O5S/c1-22-13-6-7-14(15(12-13)23-2)17-16(19)8-11-24(20,21)18-9-4-3-5-10-18/h6-7,12H,3-5,8-11H2,1-2H3,(H,17,19). The molecule has 24 heavy (non-hydrogen) atoms. The van der Waals surface area contributed by atoms with E-state index in [4.69, 9.17) is 9.47 Å². The summed E-state index contributed by atoms with van der Waals surface area (Å²) in [6.07, 6.45) is 2.74. The van der Waals surface area contributed by atoms with Gasteiger partial charge in [0.15, 0.2) is 0 Å². The molecule has 1 saturated heterocycles. The summed E-state index contributed by atoms with van der Waals surface area (Å²) in [7, 11) is -0.344. The fourth-order valence-corrected chi connectivity index (χ4v) is 4.12. The van der Waals surface area contributed by atoms with Crippen molar-refractivity contribution >= 4 is 21.6 Å².